The summed E-state index contributed by atoms with van der Waals surface area (Å²) in [5.41, 5.74) is -2.50. The molecule has 0 aliphatic rings. The maximum atomic E-state index is 13.1. The van der Waals surface area contributed by atoms with Gasteiger partial charge in [0.2, 0.25) is 5.78 Å². The first kappa shape index (κ1) is 19.7. The van der Waals surface area contributed by atoms with Gasteiger partial charge in [-0.3, -0.25) is 4.79 Å². The first-order chi connectivity index (χ1) is 13.7. The minimum atomic E-state index is -1.11. The van der Waals surface area contributed by atoms with Crippen molar-refractivity contribution in [2.75, 3.05) is 14.2 Å². The third-order valence-corrected chi connectivity index (χ3v) is 4.31. The van der Waals surface area contributed by atoms with Crippen LogP contribution in [0.1, 0.15) is 32.0 Å². The number of aromatic hydroxyl groups is 3. The Balaban J connectivity index is 2.34. The number of ether oxygens (including phenoxy) is 2. The van der Waals surface area contributed by atoms with E-state index in [1.54, 1.807) is 0 Å². The Morgan fingerprint density at radius 2 is 1.62 bits per heavy atom. The Morgan fingerprint density at radius 3 is 2.24 bits per heavy atom. The lowest BCUT2D eigenvalue weighted by Gasteiger charge is -2.14. The fourth-order valence-corrected chi connectivity index (χ4v) is 3.03. The molecule has 0 saturated heterocycles. The number of hydrogen-bond acceptors (Lipinski definition) is 9. The molecule has 3 rings (SSSR count). The lowest BCUT2D eigenvalue weighted by Crippen LogP contribution is -2.13. The van der Waals surface area contributed by atoms with Gasteiger partial charge in [0.1, 0.15) is 39.7 Å². The summed E-state index contributed by atoms with van der Waals surface area (Å²) < 4.78 is 14.5. The van der Waals surface area contributed by atoms with Gasteiger partial charge in [-0.25, -0.2) is 9.59 Å². The van der Waals surface area contributed by atoms with Gasteiger partial charge < -0.3 is 29.2 Å². The van der Waals surface area contributed by atoms with E-state index in [1.807, 2.05) is 0 Å². The van der Waals surface area contributed by atoms with Gasteiger partial charge in [0, 0.05) is 6.07 Å². The van der Waals surface area contributed by atoms with E-state index < -0.39 is 45.8 Å². The Bertz CT molecular complexity index is 1220. The monoisotopic (exact) mass is 400 g/mol. The first-order valence-corrected chi connectivity index (χ1v) is 8.23. The smallest absolute Gasteiger partial charge is 0.347 e. The van der Waals surface area contributed by atoms with E-state index in [2.05, 4.69) is 4.74 Å². The van der Waals surface area contributed by atoms with Crippen molar-refractivity contribution in [1.82, 2.24) is 0 Å². The fourth-order valence-electron chi connectivity index (χ4n) is 3.03. The second-order valence-corrected chi connectivity index (χ2v) is 6.12. The van der Waals surface area contributed by atoms with Gasteiger partial charge >= 0.3 is 11.6 Å². The topological polar surface area (TPSA) is 144 Å². The zero-order valence-corrected chi connectivity index (χ0v) is 15.6. The van der Waals surface area contributed by atoms with E-state index in [-0.39, 0.29) is 27.8 Å². The van der Waals surface area contributed by atoms with Gasteiger partial charge in [-0.15, -0.1) is 0 Å². The van der Waals surface area contributed by atoms with Crippen molar-refractivity contribution in [3.8, 4) is 23.0 Å². The highest BCUT2D eigenvalue weighted by molar-refractivity contribution is 6.20. The van der Waals surface area contributed by atoms with Crippen LogP contribution in [0, 0.1) is 6.92 Å². The van der Waals surface area contributed by atoms with E-state index in [0.29, 0.717) is 0 Å². The summed E-state index contributed by atoms with van der Waals surface area (Å²) in [4.78, 5) is 37.4. The lowest BCUT2D eigenvalue weighted by molar-refractivity contribution is 0.0596. The zero-order valence-electron chi connectivity index (χ0n) is 15.6. The molecule has 1 aromatic heterocycles. The maximum absolute atomic E-state index is 13.1. The number of aryl methyl sites for hydroxylation is 1. The van der Waals surface area contributed by atoms with Crippen LogP contribution in [0.4, 0.5) is 0 Å². The zero-order chi connectivity index (χ0) is 21.5. The first-order valence-electron chi connectivity index (χ1n) is 8.23. The molecular formula is C20H16O9. The normalized spacial score (nSPS) is 10.7. The molecule has 1 heterocycles. The molecule has 29 heavy (non-hydrogen) atoms. The summed E-state index contributed by atoms with van der Waals surface area (Å²) in [5, 5.41) is 31.0. The average Bonchev–Trinajstić information content (AvgIpc) is 2.65. The van der Waals surface area contributed by atoms with Gasteiger partial charge in [-0.2, -0.15) is 0 Å². The molecule has 3 N–H and O–H groups in total. The number of benzene rings is 2. The van der Waals surface area contributed by atoms with E-state index in [0.717, 1.165) is 25.3 Å². The van der Waals surface area contributed by atoms with Crippen LogP contribution in [-0.2, 0) is 4.74 Å². The highest BCUT2D eigenvalue weighted by Crippen LogP contribution is 2.39. The Morgan fingerprint density at radius 1 is 0.966 bits per heavy atom. The van der Waals surface area contributed by atoms with Crippen molar-refractivity contribution >= 4 is 22.5 Å². The molecule has 0 radical (unpaired) electrons. The van der Waals surface area contributed by atoms with Crippen molar-refractivity contribution in [2.45, 2.75) is 6.92 Å². The molecule has 0 aliphatic carbocycles. The molecule has 150 valence electrons. The van der Waals surface area contributed by atoms with Gasteiger partial charge in [0.25, 0.3) is 0 Å². The van der Waals surface area contributed by atoms with E-state index in [4.69, 9.17) is 9.15 Å². The molecule has 0 atom stereocenters. The van der Waals surface area contributed by atoms with Crippen LogP contribution in [0.15, 0.2) is 33.5 Å². The van der Waals surface area contributed by atoms with Crippen LogP contribution in [-0.4, -0.2) is 41.3 Å². The van der Waals surface area contributed by atoms with E-state index in [9.17, 15) is 29.7 Å². The highest BCUT2D eigenvalue weighted by atomic mass is 16.5. The van der Waals surface area contributed by atoms with Crippen molar-refractivity contribution in [1.29, 1.82) is 0 Å². The van der Waals surface area contributed by atoms with E-state index >= 15 is 0 Å². The van der Waals surface area contributed by atoms with Crippen molar-refractivity contribution in [3.63, 3.8) is 0 Å². The minimum Gasteiger partial charge on any atom is -0.507 e. The Hall–Kier alpha value is -4.01. The van der Waals surface area contributed by atoms with Gasteiger partial charge in [0.15, 0.2) is 0 Å². The molecule has 0 fully saturated rings. The molecule has 3 aromatic rings. The molecule has 0 spiro atoms. The summed E-state index contributed by atoms with van der Waals surface area (Å²) in [6.45, 7) is 1.51. The number of phenolic OH excluding ortho intramolecular Hbond substituents is 3. The summed E-state index contributed by atoms with van der Waals surface area (Å²) >= 11 is 0. The summed E-state index contributed by atoms with van der Waals surface area (Å²) in [6.07, 6.45) is 0. The summed E-state index contributed by atoms with van der Waals surface area (Å²) in [5.74, 6) is -3.91. The number of rotatable bonds is 4. The number of esters is 1. The summed E-state index contributed by atoms with van der Waals surface area (Å²) in [7, 11) is 2.37. The fraction of sp³-hybridized carbons (Fsp3) is 0.150. The number of hydrogen-bond donors (Lipinski definition) is 3. The minimum absolute atomic E-state index is 0.0718. The van der Waals surface area contributed by atoms with Crippen molar-refractivity contribution in [3.05, 3.63) is 57.1 Å². The standard InChI is InChI=1S/C20H16O9/c1-8-4-9-5-12(21)16(17(23)14(9)20(26)29-8)18(24)15-11(19(25)28-3)6-10(27-2)7-13(15)22/h4-7,21-23H,1-3H3. The number of ketones is 1. The number of methoxy groups -OCH3 is 2. The quantitative estimate of drug-likeness (QED) is 0.443. The SMILES string of the molecule is COC(=O)c1cc(OC)cc(O)c1C(=O)c1c(O)cc2cc(C)oc(=O)c2c1O. The molecule has 0 aliphatic heterocycles. The second-order valence-electron chi connectivity index (χ2n) is 6.12. The van der Waals surface area contributed by atoms with Crippen LogP contribution in [0.25, 0.3) is 10.8 Å². The molecule has 2 aromatic carbocycles. The molecule has 0 saturated carbocycles. The van der Waals surface area contributed by atoms with Crippen LogP contribution in [0.2, 0.25) is 0 Å². The number of fused-ring (bicyclic) bond motifs is 1. The van der Waals surface area contributed by atoms with Gasteiger partial charge in [-0.1, -0.05) is 0 Å². The Kier molecular flexibility index (Phi) is 4.90. The maximum Gasteiger partial charge on any atom is 0.347 e. The van der Waals surface area contributed by atoms with Gasteiger partial charge in [0.05, 0.1) is 25.3 Å². The third-order valence-electron chi connectivity index (χ3n) is 4.31. The molecule has 9 nitrogen and oxygen atoms in total. The van der Waals surface area contributed by atoms with Crippen LogP contribution < -0.4 is 10.4 Å². The number of carbonyl (C=O) groups is 2. The predicted octanol–water partition coefficient (Wildman–Crippen LogP) is 2.24. The lowest BCUT2D eigenvalue weighted by atomic mass is 9.94. The molecule has 0 amide bonds. The van der Waals surface area contributed by atoms with Crippen LogP contribution in [0.5, 0.6) is 23.0 Å². The van der Waals surface area contributed by atoms with Gasteiger partial charge in [-0.05, 0) is 30.5 Å². The average molecular weight is 400 g/mol. The van der Waals surface area contributed by atoms with Crippen LogP contribution >= 0.6 is 0 Å². The predicted molar refractivity (Wildman–Crippen MR) is 100.0 cm³/mol. The Labute approximate surface area is 163 Å². The largest absolute Gasteiger partial charge is 0.507 e. The number of carbonyl (C=O) groups excluding carboxylic acids is 2. The van der Waals surface area contributed by atoms with Crippen molar-refractivity contribution < 1.29 is 38.8 Å². The van der Waals surface area contributed by atoms with E-state index in [1.165, 1.54) is 20.1 Å². The van der Waals surface area contributed by atoms with Crippen molar-refractivity contribution in [2.24, 2.45) is 0 Å². The third kappa shape index (κ3) is 3.22. The molecular weight excluding hydrogens is 384 g/mol. The number of phenols is 3. The molecule has 0 unspecified atom stereocenters. The molecule has 9 heteroatoms. The van der Waals surface area contributed by atoms with Crippen LogP contribution in [0.3, 0.4) is 0 Å². The highest BCUT2D eigenvalue weighted by Gasteiger charge is 2.30. The second kappa shape index (κ2) is 7.19. The summed E-state index contributed by atoms with van der Waals surface area (Å²) in [6, 6.07) is 4.73. The molecule has 0 bridgehead atoms.